The molecule has 0 radical (unpaired) electrons. The van der Waals surface area contributed by atoms with E-state index in [1.807, 2.05) is 30.3 Å². The summed E-state index contributed by atoms with van der Waals surface area (Å²) in [5.74, 6) is -0.0266. The van der Waals surface area contributed by atoms with Crippen LogP contribution in [0.2, 0.25) is 0 Å². The van der Waals surface area contributed by atoms with Crippen molar-refractivity contribution in [1.82, 2.24) is 0 Å². The quantitative estimate of drug-likeness (QED) is 0.826. The van der Waals surface area contributed by atoms with Gasteiger partial charge in [-0.3, -0.25) is 9.59 Å². The van der Waals surface area contributed by atoms with Crippen LogP contribution in [0.4, 0.5) is 0 Å². The summed E-state index contributed by atoms with van der Waals surface area (Å²) >= 11 is 0. The van der Waals surface area contributed by atoms with E-state index in [0.717, 1.165) is 23.6 Å². The van der Waals surface area contributed by atoms with Gasteiger partial charge in [-0.2, -0.15) is 0 Å². The minimum atomic E-state index is -0.0393. The molecule has 0 saturated carbocycles. The molecule has 0 N–H and O–H groups in total. The van der Waals surface area contributed by atoms with Crippen molar-refractivity contribution < 1.29 is 9.59 Å². The Kier molecular flexibility index (Phi) is 3.23. The smallest absolute Gasteiger partial charge is 0.189 e. The third-order valence-electron chi connectivity index (χ3n) is 3.82. The number of Topliss-reactive ketones (excluding diaryl/α,β-unsaturated/α-hetero) is 1. The number of fused-ring (bicyclic) bond motifs is 3. The van der Waals surface area contributed by atoms with Gasteiger partial charge >= 0.3 is 0 Å². The van der Waals surface area contributed by atoms with Crippen molar-refractivity contribution in [3.8, 4) is 0 Å². The molecule has 0 amide bonds. The number of allylic oxidation sites excluding steroid dienone is 2. The molecular formula is C18H16O2. The second-order valence-electron chi connectivity index (χ2n) is 5.18. The van der Waals surface area contributed by atoms with Gasteiger partial charge in [-0.15, -0.1) is 0 Å². The molecule has 2 aromatic rings. The molecule has 0 bridgehead atoms. The van der Waals surface area contributed by atoms with E-state index in [9.17, 15) is 9.59 Å². The van der Waals surface area contributed by atoms with Crippen LogP contribution < -0.4 is 0 Å². The van der Waals surface area contributed by atoms with Crippen LogP contribution in [0.15, 0.2) is 48.0 Å². The zero-order valence-corrected chi connectivity index (χ0v) is 11.5. The van der Waals surface area contributed by atoms with Crippen molar-refractivity contribution >= 4 is 22.3 Å². The normalized spacial score (nSPS) is 14.3. The van der Waals surface area contributed by atoms with Crippen LogP contribution in [0.5, 0.6) is 0 Å². The number of carbonyl (C=O) groups excluding carboxylic acids is 2. The lowest BCUT2D eigenvalue weighted by Crippen LogP contribution is -2.17. The van der Waals surface area contributed by atoms with E-state index in [4.69, 9.17) is 0 Å². The van der Waals surface area contributed by atoms with Crippen molar-refractivity contribution in [2.75, 3.05) is 0 Å². The maximum absolute atomic E-state index is 12.5. The lowest BCUT2D eigenvalue weighted by Gasteiger charge is -2.16. The first kappa shape index (κ1) is 12.8. The predicted octanol–water partition coefficient (Wildman–Crippen LogP) is 4.34. The number of hydrogen-bond donors (Lipinski definition) is 0. The second-order valence-corrected chi connectivity index (χ2v) is 5.18. The summed E-state index contributed by atoms with van der Waals surface area (Å²) in [4.78, 5) is 24.9. The second kappa shape index (κ2) is 5.04. The number of ketones is 2. The van der Waals surface area contributed by atoms with Gasteiger partial charge < -0.3 is 0 Å². The molecule has 3 rings (SSSR count). The van der Waals surface area contributed by atoms with Crippen LogP contribution in [0, 0.1) is 0 Å². The van der Waals surface area contributed by atoms with Gasteiger partial charge in [0.2, 0.25) is 0 Å². The molecule has 1 aliphatic carbocycles. The van der Waals surface area contributed by atoms with Gasteiger partial charge in [-0.25, -0.2) is 0 Å². The largest absolute Gasteiger partial charge is 0.289 e. The topological polar surface area (TPSA) is 34.1 Å². The van der Waals surface area contributed by atoms with Crippen LogP contribution in [-0.4, -0.2) is 11.6 Å². The fourth-order valence-corrected chi connectivity index (χ4v) is 2.75. The van der Waals surface area contributed by atoms with E-state index in [1.165, 1.54) is 6.08 Å². The van der Waals surface area contributed by atoms with Crippen molar-refractivity contribution in [1.29, 1.82) is 0 Å². The highest BCUT2D eigenvalue weighted by Gasteiger charge is 2.26. The van der Waals surface area contributed by atoms with E-state index in [2.05, 4.69) is 6.92 Å². The van der Waals surface area contributed by atoms with Crippen LogP contribution in [-0.2, 0) is 0 Å². The summed E-state index contributed by atoms with van der Waals surface area (Å²) in [6.45, 7) is 2.08. The third kappa shape index (κ3) is 1.97. The third-order valence-corrected chi connectivity index (χ3v) is 3.82. The molecule has 0 fully saturated rings. The predicted molar refractivity (Wildman–Crippen MR) is 80.2 cm³/mol. The molecule has 0 heterocycles. The monoisotopic (exact) mass is 264 g/mol. The van der Waals surface area contributed by atoms with Gasteiger partial charge in [0.05, 0.1) is 0 Å². The number of hydrogen-bond acceptors (Lipinski definition) is 2. The van der Waals surface area contributed by atoms with Crippen LogP contribution in [0.3, 0.4) is 0 Å². The molecule has 2 aromatic carbocycles. The standard InChI is InChI=1S/C18H16O2/c1-2-3-6-13-11-16(19)17-14-8-5-4-7-12(14)9-10-15(17)18(13)20/h4-5,7-11H,2-3,6H2,1H3. The van der Waals surface area contributed by atoms with Gasteiger partial charge in [-0.1, -0.05) is 43.7 Å². The summed E-state index contributed by atoms with van der Waals surface area (Å²) < 4.78 is 0. The fourth-order valence-electron chi connectivity index (χ4n) is 2.75. The molecule has 0 spiro atoms. The molecule has 2 nitrogen and oxygen atoms in total. The Morgan fingerprint density at radius 1 is 1.00 bits per heavy atom. The summed E-state index contributed by atoms with van der Waals surface area (Å²) in [5.41, 5.74) is 1.77. The molecule has 0 saturated heterocycles. The zero-order valence-electron chi connectivity index (χ0n) is 11.5. The Morgan fingerprint density at radius 3 is 2.60 bits per heavy atom. The molecule has 0 atom stereocenters. The molecule has 0 aromatic heterocycles. The highest BCUT2D eigenvalue weighted by atomic mass is 16.1. The minimum Gasteiger partial charge on any atom is -0.289 e. The Balaban J connectivity index is 2.15. The lowest BCUT2D eigenvalue weighted by atomic mass is 9.84. The van der Waals surface area contributed by atoms with E-state index >= 15 is 0 Å². The van der Waals surface area contributed by atoms with Crippen molar-refractivity contribution in [2.24, 2.45) is 0 Å². The number of benzene rings is 2. The molecule has 100 valence electrons. The summed E-state index contributed by atoms with van der Waals surface area (Å²) in [6, 6.07) is 11.4. The number of unbranched alkanes of at least 4 members (excludes halogenated alkanes) is 1. The van der Waals surface area contributed by atoms with Gasteiger partial charge in [0.25, 0.3) is 0 Å². The van der Waals surface area contributed by atoms with Gasteiger partial charge in [0.15, 0.2) is 11.6 Å². The Morgan fingerprint density at radius 2 is 1.80 bits per heavy atom. The molecule has 2 heteroatoms. The highest BCUT2D eigenvalue weighted by Crippen LogP contribution is 2.30. The first-order valence-corrected chi connectivity index (χ1v) is 7.03. The van der Waals surface area contributed by atoms with Gasteiger partial charge in [0, 0.05) is 16.7 Å². The summed E-state index contributed by atoms with van der Waals surface area (Å²) in [5, 5.41) is 1.87. The maximum Gasteiger partial charge on any atom is 0.189 e. The zero-order chi connectivity index (χ0) is 14.1. The lowest BCUT2D eigenvalue weighted by molar-refractivity contribution is 0.0982. The molecule has 0 aliphatic heterocycles. The van der Waals surface area contributed by atoms with Gasteiger partial charge in [-0.05, 0) is 35.8 Å². The SMILES string of the molecule is CCCCC1=CC(=O)c2c(ccc3ccccc23)C1=O. The van der Waals surface area contributed by atoms with Gasteiger partial charge in [0.1, 0.15) is 0 Å². The van der Waals surface area contributed by atoms with Crippen molar-refractivity contribution in [3.05, 3.63) is 59.2 Å². The Bertz CT molecular complexity index is 738. The highest BCUT2D eigenvalue weighted by molar-refractivity contribution is 6.28. The van der Waals surface area contributed by atoms with Crippen LogP contribution >= 0.6 is 0 Å². The Hall–Kier alpha value is -2.22. The molecular weight excluding hydrogens is 248 g/mol. The van der Waals surface area contributed by atoms with Crippen LogP contribution in [0.1, 0.15) is 46.9 Å². The van der Waals surface area contributed by atoms with Crippen molar-refractivity contribution in [2.45, 2.75) is 26.2 Å². The average Bonchev–Trinajstić information content (AvgIpc) is 2.48. The molecule has 20 heavy (non-hydrogen) atoms. The fraction of sp³-hybridized carbons (Fsp3) is 0.222. The summed E-state index contributed by atoms with van der Waals surface area (Å²) in [7, 11) is 0. The molecule has 1 aliphatic rings. The first-order valence-electron chi connectivity index (χ1n) is 7.03. The Labute approximate surface area is 118 Å². The van der Waals surface area contributed by atoms with E-state index < -0.39 is 0 Å². The maximum atomic E-state index is 12.5. The molecule has 0 unspecified atom stereocenters. The van der Waals surface area contributed by atoms with Crippen LogP contribution in [0.25, 0.3) is 10.8 Å². The van der Waals surface area contributed by atoms with E-state index in [0.29, 0.717) is 23.1 Å². The number of carbonyl (C=O) groups is 2. The van der Waals surface area contributed by atoms with E-state index in [1.54, 1.807) is 6.07 Å². The minimum absolute atomic E-state index is 0.0128. The van der Waals surface area contributed by atoms with Crippen molar-refractivity contribution in [3.63, 3.8) is 0 Å². The summed E-state index contributed by atoms with van der Waals surface area (Å²) in [6.07, 6.45) is 4.18. The first-order chi connectivity index (χ1) is 9.72. The average molecular weight is 264 g/mol. The van der Waals surface area contributed by atoms with E-state index in [-0.39, 0.29) is 11.6 Å². The number of rotatable bonds is 3.